The van der Waals surface area contributed by atoms with Crippen LogP contribution in [-0.4, -0.2) is 18.4 Å². The van der Waals surface area contributed by atoms with Crippen molar-refractivity contribution in [2.75, 3.05) is 16.8 Å². The number of anilines is 2. The van der Waals surface area contributed by atoms with Crippen molar-refractivity contribution < 1.29 is 18.4 Å². The molecule has 0 spiro atoms. The smallest absolute Gasteiger partial charge is 0.229 e. The van der Waals surface area contributed by atoms with E-state index in [4.69, 9.17) is 0 Å². The molecule has 6 heteroatoms. The van der Waals surface area contributed by atoms with E-state index in [0.29, 0.717) is 0 Å². The zero-order chi connectivity index (χ0) is 16.4. The van der Waals surface area contributed by atoms with Gasteiger partial charge in [0.15, 0.2) is 0 Å². The number of halogens is 2. The van der Waals surface area contributed by atoms with Gasteiger partial charge in [-0.1, -0.05) is 18.2 Å². The topological polar surface area (TPSA) is 49.4 Å². The molecule has 0 bridgehead atoms. The van der Waals surface area contributed by atoms with Gasteiger partial charge in [0.2, 0.25) is 11.8 Å². The molecule has 0 aliphatic carbocycles. The van der Waals surface area contributed by atoms with Gasteiger partial charge in [0.05, 0.1) is 5.92 Å². The molecular formula is C17H14F2N2O2. The van der Waals surface area contributed by atoms with Gasteiger partial charge >= 0.3 is 0 Å². The van der Waals surface area contributed by atoms with Crippen molar-refractivity contribution in [3.63, 3.8) is 0 Å². The maximum Gasteiger partial charge on any atom is 0.229 e. The minimum atomic E-state index is -0.770. The molecule has 0 unspecified atom stereocenters. The molecule has 1 fully saturated rings. The van der Waals surface area contributed by atoms with Crippen LogP contribution in [-0.2, 0) is 9.59 Å². The van der Waals surface area contributed by atoms with Crippen molar-refractivity contribution in [3.8, 4) is 0 Å². The molecule has 1 saturated heterocycles. The van der Waals surface area contributed by atoms with Gasteiger partial charge in [-0.05, 0) is 24.3 Å². The average molecular weight is 316 g/mol. The van der Waals surface area contributed by atoms with Crippen LogP contribution < -0.4 is 10.2 Å². The first kappa shape index (κ1) is 15.1. The van der Waals surface area contributed by atoms with E-state index in [1.165, 1.54) is 4.90 Å². The molecule has 1 heterocycles. The van der Waals surface area contributed by atoms with Gasteiger partial charge in [-0.25, -0.2) is 8.78 Å². The number of amides is 2. The van der Waals surface area contributed by atoms with Crippen molar-refractivity contribution in [1.82, 2.24) is 0 Å². The third-order valence-corrected chi connectivity index (χ3v) is 3.69. The van der Waals surface area contributed by atoms with Crippen LogP contribution in [0.4, 0.5) is 20.2 Å². The summed E-state index contributed by atoms with van der Waals surface area (Å²) in [5, 5.41) is 2.46. The van der Waals surface area contributed by atoms with Crippen LogP contribution in [0.5, 0.6) is 0 Å². The van der Waals surface area contributed by atoms with Gasteiger partial charge in [-0.2, -0.15) is 0 Å². The van der Waals surface area contributed by atoms with Crippen LogP contribution in [0.2, 0.25) is 0 Å². The molecule has 0 radical (unpaired) electrons. The number of nitrogens with one attached hydrogen (secondary N) is 1. The van der Waals surface area contributed by atoms with E-state index in [1.807, 2.05) is 18.2 Å². The summed E-state index contributed by atoms with van der Waals surface area (Å²) in [6, 6.07) is 11.8. The fourth-order valence-corrected chi connectivity index (χ4v) is 2.61. The highest BCUT2D eigenvalue weighted by Gasteiger charge is 2.35. The summed E-state index contributed by atoms with van der Waals surface area (Å²) in [7, 11) is 0. The Labute approximate surface area is 131 Å². The zero-order valence-electron chi connectivity index (χ0n) is 12.1. The van der Waals surface area contributed by atoms with E-state index in [0.717, 1.165) is 23.9 Å². The van der Waals surface area contributed by atoms with Crippen LogP contribution in [0.1, 0.15) is 6.42 Å². The Hall–Kier alpha value is -2.76. The summed E-state index contributed by atoms with van der Waals surface area (Å²) in [5.74, 6) is -2.68. The molecule has 23 heavy (non-hydrogen) atoms. The van der Waals surface area contributed by atoms with Gasteiger partial charge in [-0.3, -0.25) is 9.59 Å². The second-order valence-corrected chi connectivity index (χ2v) is 5.39. The number of nitrogens with zero attached hydrogens (tertiary/aromatic N) is 1. The number of para-hydroxylation sites is 1. The molecule has 1 N–H and O–H groups in total. The maximum absolute atomic E-state index is 13.1. The molecule has 0 aromatic heterocycles. The summed E-state index contributed by atoms with van der Waals surface area (Å²) in [6.07, 6.45) is 0.0680. The lowest BCUT2D eigenvalue weighted by Gasteiger charge is -2.16. The Kier molecular flexibility index (Phi) is 4.06. The van der Waals surface area contributed by atoms with Crippen molar-refractivity contribution in [1.29, 1.82) is 0 Å². The lowest BCUT2D eigenvalue weighted by molar-refractivity contribution is -0.122. The van der Waals surface area contributed by atoms with E-state index in [9.17, 15) is 18.4 Å². The average Bonchev–Trinajstić information content (AvgIpc) is 2.89. The van der Waals surface area contributed by atoms with Gasteiger partial charge < -0.3 is 10.2 Å². The molecular weight excluding hydrogens is 302 g/mol. The minimum Gasteiger partial charge on any atom is -0.326 e. The SMILES string of the molecule is O=C(Nc1cc(F)cc(F)c1)[C@@H]1CC(=O)N(c2ccccc2)C1. The van der Waals surface area contributed by atoms with Crippen molar-refractivity contribution in [2.24, 2.45) is 5.92 Å². The second kappa shape index (κ2) is 6.16. The predicted octanol–water partition coefficient (Wildman–Crippen LogP) is 2.96. The molecule has 4 nitrogen and oxygen atoms in total. The first-order valence-electron chi connectivity index (χ1n) is 7.15. The van der Waals surface area contributed by atoms with Crippen LogP contribution in [0.3, 0.4) is 0 Å². The Bertz CT molecular complexity index is 729. The van der Waals surface area contributed by atoms with Gasteiger partial charge in [0.25, 0.3) is 0 Å². The third-order valence-electron chi connectivity index (χ3n) is 3.69. The second-order valence-electron chi connectivity index (χ2n) is 5.39. The van der Waals surface area contributed by atoms with Crippen molar-refractivity contribution >= 4 is 23.2 Å². The molecule has 3 rings (SSSR count). The van der Waals surface area contributed by atoms with E-state index >= 15 is 0 Å². The Morgan fingerprint density at radius 2 is 1.74 bits per heavy atom. The fourth-order valence-electron chi connectivity index (χ4n) is 2.61. The van der Waals surface area contributed by atoms with Crippen LogP contribution in [0, 0.1) is 17.6 Å². The maximum atomic E-state index is 13.1. The van der Waals surface area contributed by atoms with E-state index in [1.54, 1.807) is 12.1 Å². The Morgan fingerprint density at radius 3 is 2.39 bits per heavy atom. The van der Waals surface area contributed by atoms with Crippen LogP contribution >= 0.6 is 0 Å². The molecule has 118 valence electrons. The number of hydrogen-bond donors (Lipinski definition) is 1. The summed E-state index contributed by atoms with van der Waals surface area (Å²) >= 11 is 0. The molecule has 2 amide bonds. The van der Waals surface area contributed by atoms with E-state index < -0.39 is 23.5 Å². The predicted molar refractivity (Wildman–Crippen MR) is 81.9 cm³/mol. The quantitative estimate of drug-likeness (QED) is 0.946. The van der Waals surface area contributed by atoms with Crippen LogP contribution in [0.15, 0.2) is 48.5 Å². The summed E-state index contributed by atoms with van der Waals surface area (Å²) in [6.45, 7) is 0.243. The Morgan fingerprint density at radius 1 is 1.09 bits per heavy atom. The highest BCUT2D eigenvalue weighted by Crippen LogP contribution is 2.26. The monoisotopic (exact) mass is 316 g/mol. The lowest BCUT2D eigenvalue weighted by atomic mass is 10.1. The van der Waals surface area contributed by atoms with Crippen LogP contribution in [0.25, 0.3) is 0 Å². The van der Waals surface area contributed by atoms with Crippen molar-refractivity contribution in [2.45, 2.75) is 6.42 Å². The Balaban J connectivity index is 1.70. The van der Waals surface area contributed by atoms with Crippen molar-refractivity contribution in [3.05, 3.63) is 60.2 Å². The lowest BCUT2D eigenvalue weighted by Crippen LogP contribution is -2.28. The summed E-state index contributed by atoms with van der Waals surface area (Å²) in [5.41, 5.74) is 0.766. The standard InChI is InChI=1S/C17H14F2N2O2/c18-12-7-13(19)9-14(8-12)20-17(23)11-6-16(22)21(10-11)15-4-2-1-3-5-15/h1-5,7-9,11H,6,10H2,(H,20,23)/t11-/m1/s1. The molecule has 1 aliphatic rings. The number of benzene rings is 2. The molecule has 2 aromatic carbocycles. The highest BCUT2D eigenvalue weighted by atomic mass is 19.1. The number of carbonyl (C=O) groups excluding carboxylic acids is 2. The normalized spacial score (nSPS) is 17.4. The highest BCUT2D eigenvalue weighted by molar-refractivity contribution is 6.03. The largest absolute Gasteiger partial charge is 0.326 e. The number of carbonyl (C=O) groups is 2. The summed E-state index contributed by atoms with van der Waals surface area (Å²) in [4.78, 5) is 25.8. The molecule has 2 aromatic rings. The van der Waals surface area contributed by atoms with Gasteiger partial charge in [0, 0.05) is 30.4 Å². The third kappa shape index (κ3) is 3.36. The molecule has 1 atom stereocenters. The van der Waals surface area contributed by atoms with E-state index in [-0.39, 0.29) is 24.6 Å². The fraction of sp³-hybridized carbons (Fsp3) is 0.176. The first-order chi connectivity index (χ1) is 11.0. The number of hydrogen-bond acceptors (Lipinski definition) is 2. The minimum absolute atomic E-state index is 0.0399. The molecule has 0 saturated carbocycles. The van der Waals surface area contributed by atoms with E-state index in [2.05, 4.69) is 5.32 Å². The zero-order valence-corrected chi connectivity index (χ0v) is 12.1. The van der Waals surface area contributed by atoms with Gasteiger partial charge in [-0.15, -0.1) is 0 Å². The number of rotatable bonds is 3. The van der Waals surface area contributed by atoms with Gasteiger partial charge in [0.1, 0.15) is 11.6 Å². The molecule has 1 aliphatic heterocycles. The summed E-state index contributed by atoms with van der Waals surface area (Å²) < 4.78 is 26.3. The first-order valence-corrected chi connectivity index (χ1v) is 7.15.